The molecule has 0 atom stereocenters. The average molecular weight is 451 g/mol. The number of hydrogen-bond donors (Lipinski definition) is 2. The Hall–Kier alpha value is -3.38. The second-order valence-electron chi connectivity index (χ2n) is 6.87. The molecule has 0 radical (unpaired) electrons. The van der Waals surface area contributed by atoms with Crippen LogP contribution in [0.4, 0.5) is 19.2 Å². The molecule has 0 saturated heterocycles. The number of anilines is 1. The van der Waals surface area contributed by atoms with Gasteiger partial charge in [-0.3, -0.25) is 0 Å². The van der Waals surface area contributed by atoms with E-state index in [0.717, 1.165) is 12.1 Å². The first-order valence-electron chi connectivity index (χ1n) is 8.94. The highest BCUT2D eigenvalue weighted by atomic mass is 32.2. The van der Waals surface area contributed by atoms with Gasteiger partial charge in [-0.05, 0) is 35.9 Å². The molecule has 0 amide bonds. The SMILES string of the molecule is CN(CCS(N)(=O)=O)c1nnc(-c2c(-c3ccc(F)cc3)[nH]c3c(F)cc(F)cc23)o1. The summed E-state index contributed by atoms with van der Waals surface area (Å²) in [5.74, 6) is -2.50. The van der Waals surface area contributed by atoms with E-state index < -0.39 is 27.5 Å². The van der Waals surface area contributed by atoms with E-state index >= 15 is 0 Å². The van der Waals surface area contributed by atoms with Crippen LogP contribution in [0.5, 0.6) is 0 Å². The number of aromatic amines is 1. The lowest BCUT2D eigenvalue weighted by atomic mass is 10.0. The molecule has 2 heterocycles. The van der Waals surface area contributed by atoms with E-state index in [-0.39, 0.29) is 40.7 Å². The highest BCUT2D eigenvalue weighted by Gasteiger charge is 2.24. The van der Waals surface area contributed by atoms with Gasteiger partial charge in [0.15, 0.2) is 0 Å². The second kappa shape index (κ2) is 7.71. The summed E-state index contributed by atoms with van der Waals surface area (Å²) in [4.78, 5) is 4.26. The highest BCUT2D eigenvalue weighted by Crippen LogP contribution is 2.39. The number of nitrogens with one attached hydrogen (secondary N) is 1. The van der Waals surface area contributed by atoms with Gasteiger partial charge in [-0.1, -0.05) is 5.10 Å². The molecule has 0 aliphatic heterocycles. The van der Waals surface area contributed by atoms with Crippen LogP contribution < -0.4 is 10.0 Å². The molecule has 0 aliphatic carbocycles. The molecule has 0 bridgehead atoms. The minimum Gasteiger partial charge on any atom is -0.403 e. The van der Waals surface area contributed by atoms with Crippen molar-refractivity contribution >= 4 is 26.9 Å². The van der Waals surface area contributed by atoms with Crippen molar-refractivity contribution in [2.45, 2.75) is 0 Å². The van der Waals surface area contributed by atoms with Crippen LogP contribution in [0.1, 0.15) is 0 Å². The summed E-state index contributed by atoms with van der Waals surface area (Å²) >= 11 is 0. The quantitative estimate of drug-likeness (QED) is 0.465. The predicted molar refractivity (Wildman–Crippen MR) is 108 cm³/mol. The van der Waals surface area contributed by atoms with Crippen LogP contribution in [0.2, 0.25) is 0 Å². The van der Waals surface area contributed by atoms with Crippen molar-refractivity contribution in [2.24, 2.45) is 5.14 Å². The summed E-state index contributed by atoms with van der Waals surface area (Å²) < 4.78 is 69.8. The molecule has 31 heavy (non-hydrogen) atoms. The normalized spacial score (nSPS) is 11.9. The fourth-order valence-corrected chi connectivity index (χ4v) is 3.63. The average Bonchev–Trinajstić information content (AvgIpc) is 3.31. The summed E-state index contributed by atoms with van der Waals surface area (Å²) in [7, 11) is -2.17. The van der Waals surface area contributed by atoms with Gasteiger partial charge >= 0.3 is 6.01 Å². The van der Waals surface area contributed by atoms with Gasteiger partial charge in [-0.2, -0.15) is 0 Å². The lowest BCUT2D eigenvalue weighted by Crippen LogP contribution is -2.29. The number of nitrogens with zero attached hydrogens (tertiary/aromatic N) is 3. The first-order chi connectivity index (χ1) is 14.6. The number of halogens is 3. The zero-order valence-electron chi connectivity index (χ0n) is 16.1. The molecule has 4 rings (SSSR count). The van der Waals surface area contributed by atoms with Crippen molar-refractivity contribution in [1.29, 1.82) is 0 Å². The van der Waals surface area contributed by atoms with Crippen LogP contribution in [0.15, 0.2) is 40.8 Å². The molecule has 4 aromatic rings. The molecular formula is C19H16F3N5O3S. The largest absolute Gasteiger partial charge is 0.403 e. The number of aromatic nitrogens is 3. The van der Waals surface area contributed by atoms with Gasteiger partial charge in [-0.15, -0.1) is 5.10 Å². The van der Waals surface area contributed by atoms with E-state index in [2.05, 4.69) is 15.2 Å². The lowest BCUT2D eigenvalue weighted by molar-refractivity contribution is 0.557. The maximum absolute atomic E-state index is 14.4. The van der Waals surface area contributed by atoms with Crippen molar-refractivity contribution in [2.75, 3.05) is 24.2 Å². The van der Waals surface area contributed by atoms with Crippen LogP contribution in [0.3, 0.4) is 0 Å². The molecule has 3 N–H and O–H groups in total. The van der Waals surface area contributed by atoms with Crippen LogP contribution in [0.25, 0.3) is 33.6 Å². The Morgan fingerprint density at radius 3 is 2.48 bits per heavy atom. The van der Waals surface area contributed by atoms with Crippen molar-refractivity contribution < 1.29 is 26.0 Å². The zero-order valence-corrected chi connectivity index (χ0v) is 16.9. The Bertz CT molecular complexity index is 1370. The molecule has 0 spiro atoms. The van der Waals surface area contributed by atoms with Crippen molar-refractivity contribution in [3.63, 3.8) is 0 Å². The maximum atomic E-state index is 14.4. The van der Waals surface area contributed by atoms with Gasteiger partial charge in [0.1, 0.15) is 17.5 Å². The third-order valence-electron chi connectivity index (χ3n) is 4.62. The molecule has 0 saturated carbocycles. The van der Waals surface area contributed by atoms with E-state index in [9.17, 15) is 21.6 Å². The molecule has 2 aromatic heterocycles. The van der Waals surface area contributed by atoms with E-state index in [1.54, 1.807) is 0 Å². The third kappa shape index (κ3) is 4.25. The van der Waals surface area contributed by atoms with Gasteiger partial charge in [0, 0.05) is 25.0 Å². The molecule has 162 valence electrons. The number of fused-ring (bicyclic) bond motifs is 1. The predicted octanol–water partition coefficient (Wildman–Crippen LogP) is 3.03. The van der Waals surface area contributed by atoms with Gasteiger partial charge in [0.2, 0.25) is 10.0 Å². The monoisotopic (exact) mass is 451 g/mol. The van der Waals surface area contributed by atoms with Gasteiger partial charge in [0.05, 0.1) is 22.5 Å². The summed E-state index contributed by atoms with van der Waals surface area (Å²) in [5.41, 5.74) is 1.04. The number of H-pyrrole nitrogens is 1. The number of sulfonamides is 1. The Labute approximate surface area is 174 Å². The Morgan fingerprint density at radius 2 is 1.81 bits per heavy atom. The van der Waals surface area contributed by atoms with Gasteiger partial charge in [0.25, 0.3) is 5.89 Å². The van der Waals surface area contributed by atoms with Crippen LogP contribution in [-0.2, 0) is 10.0 Å². The number of hydrogen-bond acceptors (Lipinski definition) is 6. The number of rotatable bonds is 6. The van der Waals surface area contributed by atoms with E-state index in [1.807, 2.05) is 0 Å². The van der Waals surface area contributed by atoms with Gasteiger partial charge < -0.3 is 14.3 Å². The maximum Gasteiger partial charge on any atom is 0.318 e. The first-order valence-corrected chi connectivity index (χ1v) is 10.7. The fraction of sp³-hybridized carbons (Fsp3) is 0.158. The molecule has 2 aromatic carbocycles. The second-order valence-corrected chi connectivity index (χ2v) is 8.60. The van der Waals surface area contributed by atoms with E-state index in [0.29, 0.717) is 11.3 Å². The standard InChI is InChI=1S/C19H16F3N5O3S/c1-27(6-7-31(23,28)29)19-26-25-18(30-19)15-13-8-12(21)9-14(22)17(13)24-16(15)10-2-4-11(20)5-3-10/h2-5,8-9,24H,6-7H2,1H3,(H2,23,28,29). The third-order valence-corrected chi connectivity index (χ3v) is 5.37. The smallest absolute Gasteiger partial charge is 0.318 e. The molecule has 12 heteroatoms. The molecular weight excluding hydrogens is 435 g/mol. The van der Waals surface area contributed by atoms with Crippen LogP contribution in [-0.4, -0.2) is 42.9 Å². The molecule has 0 aliphatic rings. The van der Waals surface area contributed by atoms with Crippen molar-refractivity contribution in [3.05, 3.63) is 53.8 Å². The molecule has 0 unspecified atom stereocenters. The Kier molecular flexibility index (Phi) is 5.19. The van der Waals surface area contributed by atoms with E-state index in [1.165, 1.54) is 36.2 Å². The first kappa shape index (κ1) is 20.9. The van der Waals surface area contributed by atoms with Gasteiger partial charge in [-0.25, -0.2) is 26.7 Å². The highest BCUT2D eigenvalue weighted by molar-refractivity contribution is 7.89. The minimum atomic E-state index is -3.70. The summed E-state index contributed by atoms with van der Waals surface area (Å²) in [6.45, 7) is -0.0115. The van der Waals surface area contributed by atoms with Crippen LogP contribution in [0, 0.1) is 17.5 Å². The minimum absolute atomic E-state index is 0.0115. The number of benzene rings is 2. The van der Waals surface area contributed by atoms with Crippen molar-refractivity contribution in [3.8, 4) is 22.7 Å². The number of nitrogens with two attached hydrogens (primary N) is 1. The fourth-order valence-electron chi connectivity index (χ4n) is 3.11. The van der Waals surface area contributed by atoms with E-state index in [4.69, 9.17) is 9.56 Å². The van der Waals surface area contributed by atoms with Crippen LogP contribution >= 0.6 is 0 Å². The summed E-state index contributed by atoms with van der Waals surface area (Å²) in [5, 5.41) is 13.0. The molecule has 0 fully saturated rings. The lowest BCUT2D eigenvalue weighted by Gasteiger charge is -2.12. The summed E-state index contributed by atoms with van der Waals surface area (Å²) in [6, 6.07) is 7.21. The zero-order chi connectivity index (χ0) is 22.3. The topological polar surface area (TPSA) is 118 Å². The van der Waals surface area contributed by atoms with Crippen molar-refractivity contribution in [1.82, 2.24) is 15.2 Å². The Morgan fingerprint density at radius 1 is 1.10 bits per heavy atom. The number of primary sulfonamides is 1. The summed E-state index contributed by atoms with van der Waals surface area (Å²) in [6.07, 6.45) is 0. The molecule has 8 nitrogen and oxygen atoms in total. The Balaban J connectivity index is 1.84.